The van der Waals surface area contributed by atoms with Crippen molar-refractivity contribution < 1.29 is 4.74 Å². The van der Waals surface area contributed by atoms with Gasteiger partial charge in [0.05, 0.1) is 24.2 Å². The number of fused-ring (bicyclic) bond motifs is 1. The Hall–Kier alpha value is -3.11. The molecule has 1 aromatic heterocycles. The summed E-state index contributed by atoms with van der Waals surface area (Å²) in [6, 6.07) is 25.7. The lowest BCUT2D eigenvalue weighted by Crippen LogP contribution is -2.22. The largest absolute Gasteiger partial charge is 0.497 e. The van der Waals surface area contributed by atoms with Crippen molar-refractivity contribution in [2.24, 2.45) is 0 Å². The van der Waals surface area contributed by atoms with Crippen molar-refractivity contribution >= 4 is 11.0 Å². The van der Waals surface area contributed by atoms with Gasteiger partial charge >= 0.3 is 0 Å². The Morgan fingerprint density at radius 3 is 2.40 bits per heavy atom. The van der Waals surface area contributed by atoms with Crippen molar-refractivity contribution in [3.05, 3.63) is 84.2 Å². The summed E-state index contributed by atoms with van der Waals surface area (Å²) in [4.78, 5) is 4.92. The Balaban J connectivity index is 1.52. The molecule has 0 aliphatic carbocycles. The van der Waals surface area contributed by atoms with E-state index in [0.717, 1.165) is 23.6 Å². The first kappa shape index (κ1) is 20.2. The number of rotatable bonds is 7. The summed E-state index contributed by atoms with van der Waals surface area (Å²) in [6.07, 6.45) is 0. The van der Waals surface area contributed by atoms with Crippen molar-refractivity contribution in [1.29, 1.82) is 0 Å². The average Bonchev–Trinajstić information content (AvgIpc) is 3.18. The van der Waals surface area contributed by atoms with Gasteiger partial charge in [-0.3, -0.25) is 0 Å². The van der Waals surface area contributed by atoms with E-state index in [1.165, 1.54) is 22.2 Å². The van der Waals surface area contributed by atoms with E-state index < -0.39 is 0 Å². The summed E-state index contributed by atoms with van der Waals surface area (Å²) in [6.45, 7) is 7.39. The molecule has 154 valence electrons. The van der Waals surface area contributed by atoms with Gasteiger partial charge in [-0.05, 0) is 67.8 Å². The Bertz CT molecular complexity index is 1130. The molecule has 0 fully saturated rings. The van der Waals surface area contributed by atoms with Gasteiger partial charge in [-0.2, -0.15) is 0 Å². The van der Waals surface area contributed by atoms with Crippen LogP contribution in [0.4, 0.5) is 0 Å². The molecule has 4 nitrogen and oxygen atoms in total. The van der Waals surface area contributed by atoms with E-state index in [4.69, 9.17) is 9.72 Å². The lowest BCUT2D eigenvalue weighted by Gasteiger charge is -2.19. The van der Waals surface area contributed by atoms with Crippen LogP contribution in [-0.2, 0) is 6.54 Å². The molecule has 1 N–H and O–H groups in total. The monoisotopic (exact) mass is 399 g/mol. The number of methoxy groups -OCH3 is 1. The maximum absolute atomic E-state index is 5.27. The van der Waals surface area contributed by atoms with E-state index >= 15 is 0 Å². The molecule has 1 atom stereocenters. The maximum Gasteiger partial charge on any atom is 0.127 e. The van der Waals surface area contributed by atoms with E-state index in [1.807, 2.05) is 18.2 Å². The molecule has 30 heavy (non-hydrogen) atoms. The van der Waals surface area contributed by atoms with Crippen LogP contribution in [0.15, 0.2) is 72.8 Å². The zero-order valence-electron chi connectivity index (χ0n) is 18.1. The van der Waals surface area contributed by atoms with E-state index in [9.17, 15) is 0 Å². The second-order valence-electron chi connectivity index (χ2n) is 7.95. The summed E-state index contributed by atoms with van der Waals surface area (Å²) < 4.78 is 7.60. The summed E-state index contributed by atoms with van der Waals surface area (Å²) in [5.74, 6) is 1.95. The molecule has 0 aliphatic heterocycles. The van der Waals surface area contributed by atoms with E-state index in [-0.39, 0.29) is 6.04 Å². The summed E-state index contributed by atoms with van der Waals surface area (Å²) in [7, 11) is 1.69. The normalized spacial score (nSPS) is 12.4. The minimum Gasteiger partial charge on any atom is -0.497 e. The zero-order chi connectivity index (χ0) is 21.1. The molecule has 0 unspecified atom stereocenters. The highest BCUT2D eigenvalue weighted by molar-refractivity contribution is 5.76. The lowest BCUT2D eigenvalue weighted by molar-refractivity contribution is 0.415. The molecule has 0 aliphatic rings. The fourth-order valence-electron chi connectivity index (χ4n) is 3.92. The molecule has 0 saturated carbocycles. The molecule has 1 heterocycles. The third kappa shape index (κ3) is 4.10. The topological polar surface area (TPSA) is 39.1 Å². The van der Waals surface area contributed by atoms with Gasteiger partial charge in [-0.15, -0.1) is 0 Å². The number of hydrogen-bond acceptors (Lipinski definition) is 3. The van der Waals surface area contributed by atoms with Crippen LogP contribution in [-0.4, -0.2) is 16.7 Å². The van der Waals surface area contributed by atoms with Crippen LogP contribution in [0.3, 0.4) is 0 Å². The van der Waals surface area contributed by atoms with Gasteiger partial charge in [0.15, 0.2) is 0 Å². The standard InChI is InChI=1S/C26H29N3O/c1-18(2)29-25-11-6-5-10-24(25)28-26(29)19(3)27-17-20-8-7-9-22(16-20)21-12-14-23(30-4)15-13-21/h5-16,18-19,27H,17H2,1-4H3/t19-/m1/s1. The number of benzene rings is 3. The Morgan fingerprint density at radius 2 is 1.67 bits per heavy atom. The molecule has 0 radical (unpaired) electrons. The van der Waals surface area contributed by atoms with Gasteiger partial charge < -0.3 is 14.6 Å². The average molecular weight is 400 g/mol. The number of imidazole rings is 1. The molecule has 3 aromatic carbocycles. The van der Waals surface area contributed by atoms with Crippen molar-refractivity contribution in [2.75, 3.05) is 7.11 Å². The van der Waals surface area contributed by atoms with Crippen LogP contribution in [0, 0.1) is 0 Å². The van der Waals surface area contributed by atoms with Crippen LogP contribution < -0.4 is 10.1 Å². The Kier molecular flexibility index (Phi) is 5.86. The van der Waals surface area contributed by atoms with E-state index in [1.54, 1.807) is 7.11 Å². The predicted octanol–water partition coefficient (Wildman–Crippen LogP) is 6.14. The van der Waals surface area contributed by atoms with Crippen LogP contribution >= 0.6 is 0 Å². The molecule has 0 bridgehead atoms. The molecule has 0 saturated heterocycles. The molecular weight excluding hydrogens is 370 g/mol. The SMILES string of the molecule is COc1ccc(-c2cccc(CN[C@H](C)c3nc4ccccc4n3C(C)C)c2)cc1. The fraction of sp³-hybridized carbons (Fsp3) is 0.269. The molecule has 4 heteroatoms. The molecule has 4 rings (SSSR count). The lowest BCUT2D eigenvalue weighted by atomic mass is 10.0. The van der Waals surface area contributed by atoms with Gasteiger partial charge in [-0.25, -0.2) is 4.98 Å². The molecule has 0 amide bonds. The van der Waals surface area contributed by atoms with Gasteiger partial charge in [0.2, 0.25) is 0 Å². The summed E-state index contributed by atoms with van der Waals surface area (Å²) >= 11 is 0. The third-order valence-electron chi connectivity index (χ3n) is 5.49. The van der Waals surface area contributed by atoms with Crippen molar-refractivity contribution in [3.63, 3.8) is 0 Å². The molecular formula is C26H29N3O. The highest BCUT2D eigenvalue weighted by Gasteiger charge is 2.18. The van der Waals surface area contributed by atoms with E-state index in [0.29, 0.717) is 6.04 Å². The first-order valence-corrected chi connectivity index (χ1v) is 10.5. The maximum atomic E-state index is 5.27. The highest BCUT2D eigenvalue weighted by atomic mass is 16.5. The quantitative estimate of drug-likeness (QED) is 0.405. The summed E-state index contributed by atoms with van der Waals surface area (Å²) in [5, 5.41) is 3.67. The van der Waals surface area contributed by atoms with Crippen LogP contribution in [0.5, 0.6) is 5.75 Å². The van der Waals surface area contributed by atoms with Crippen LogP contribution in [0.1, 0.15) is 44.2 Å². The number of hydrogen-bond donors (Lipinski definition) is 1. The predicted molar refractivity (Wildman–Crippen MR) is 124 cm³/mol. The van der Waals surface area contributed by atoms with Crippen molar-refractivity contribution in [2.45, 2.75) is 39.4 Å². The smallest absolute Gasteiger partial charge is 0.127 e. The van der Waals surface area contributed by atoms with Crippen LogP contribution in [0.2, 0.25) is 0 Å². The molecule has 0 spiro atoms. The second-order valence-corrected chi connectivity index (χ2v) is 7.95. The fourth-order valence-corrected chi connectivity index (χ4v) is 3.92. The van der Waals surface area contributed by atoms with Gasteiger partial charge in [-0.1, -0.05) is 42.5 Å². The zero-order valence-corrected chi connectivity index (χ0v) is 18.1. The Labute approximate surface area is 178 Å². The number of aromatic nitrogens is 2. The third-order valence-corrected chi connectivity index (χ3v) is 5.49. The number of para-hydroxylation sites is 2. The number of ether oxygens (including phenoxy) is 1. The van der Waals surface area contributed by atoms with Crippen LogP contribution in [0.25, 0.3) is 22.2 Å². The second kappa shape index (κ2) is 8.72. The summed E-state index contributed by atoms with van der Waals surface area (Å²) in [5.41, 5.74) is 5.89. The van der Waals surface area contributed by atoms with E-state index in [2.05, 4.69) is 85.3 Å². The number of nitrogens with zero attached hydrogens (tertiary/aromatic N) is 2. The Morgan fingerprint density at radius 1 is 0.900 bits per heavy atom. The van der Waals surface area contributed by atoms with Gasteiger partial charge in [0.25, 0.3) is 0 Å². The first-order chi connectivity index (χ1) is 14.6. The highest BCUT2D eigenvalue weighted by Crippen LogP contribution is 2.26. The van der Waals surface area contributed by atoms with Crippen molar-refractivity contribution in [1.82, 2.24) is 14.9 Å². The van der Waals surface area contributed by atoms with Gasteiger partial charge in [0.1, 0.15) is 11.6 Å². The molecule has 4 aromatic rings. The number of nitrogens with one attached hydrogen (secondary N) is 1. The first-order valence-electron chi connectivity index (χ1n) is 10.5. The van der Waals surface area contributed by atoms with Crippen molar-refractivity contribution in [3.8, 4) is 16.9 Å². The minimum absolute atomic E-state index is 0.143. The van der Waals surface area contributed by atoms with Gasteiger partial charge in [0, 0.05) is 12.6 Å². The minimum atomic E-state index is 0.143.